The number of imidazole rings is 1. The number of carbonyl (C=O) groups is 1. The van der Waals surface area contributed by atoms with Crippen molar-refractivity contribution in [1.82, 2.24) is 14.5 Å². The van der Waals surface area contributed by atoms with Crippen molar-refractivity contribution in [3.8, 4) is 17.1 Å². The minimum atomic E-state index is -0.308. The molecule has 30 heavy (non-hydrogen) atoms. The monoisotopic (exact) mass is 401 g/mol. The van der Waals surface area contributed by atoms with E-state index in [2.05, 4.69) is 28.6 Å². The number of nitrogens with zero attached hydrogens (tertiary/aromatic N) is 3. The Kier molecular flexibility index (Phi) is 4.61. The highest BCUT2D eigenvalue weighted by Crippen LogP contribution is 2.50. The molecule has 1 aromatic heterocycles. The summed E-state index contributed by atoms with van der Waals surface area (Å²) < 4.78 is 7.54. The molecule has 1 amide bonds. The van der Waals surface area contributed by atoms with Crippen LogP contribution >= 0.6 is 0 Å². The summed E-state index contributed by atoms with van der Waals surface area (Å²) in [6.45, 7) is 4.64. The lowest BCUT2D eigenvalue weighted by Crippen LogP contribution is -2.54. The molecular weight excluding hydrogens is 374 g/mol. The van der Waals surface area contributed by atoms with E-state index in [1.807, 2.05) is 53.6 Å². The Bertz CT molecular complexity index is 1050. The van der Waals surface area contributed by atoms with Crippen LogP contribution in [-0.4, -0.2) is 40.6 Å². The predicted octanol–water partition coefficient (Wildman–Crippen LogP) is 4.06. The maximum atomic E-state index is 13.2. The van der Waals surface area contributed by atoms with Gasteiger partial charge in [-0.2, -0.15) is 0 Å². The van der Waals surface area contributed by atoms with Gasteiger partial charge in [0.05, 0.1) is 12.5 Å². The van der Waals surface area contributed by atoms with Gasteiger partial charge in [-0.1, -0.05) is 42.5 Å². The zero-order chi connectivity index (χ0) is 20.7. The summed E-state index contributed by atoms with van der Waals surface area (Å²) in [5.41, 5.74) is 3.11. The number of aryl methyl sites for hydroxylation is 1. The number of aromatic nitrogens is 2. The van der Waals surface area contributed by atoms with E-state index in [1.165, 1.54) is 0 Å². The van der Waals surface area contributed by atoms with Crippen molar-refractivity contribution >= 4 is 5.91 Å². The van der Waals surface area contributed by atoms with Crippen molar-refractivity contribution in [2.45, 2.75) is 31.7 Å². The van der Waals surface area contributed by atoms with Crippen LogP contribution < -0.4 is 4.74 Å². The van der Waals surface area contributed by atoms with Gasteiger partial charge in [-0.15, -0.1) is 0 Å². The van der Waals surface area contributed by atoms with Crippen LogP contribution in [0.2, 0.25) is 0 Å². The zero-order valence-corrected chi connectivity index (χ0v) is 17.5. The average Bonchev–Trinajstić information content (AvgIpc) is 3.49. The zero-order valence-electron chi connectivity index (χ0n) is 17.5. The van der Waals surface area contributed by atoms with Crippen LogP contribution in [0, 0.1) is 12.8 Å². The SMILES string of the molecule is COc1ccc(C2(C(=O)N3CC(Cn4c(C)cnc4-c4ccccc4)C3)CC2)cc1. The second kappa shape index (κ2) is 7.31. The number of rotatable bonds is 6. The minimum Gasteiger partial charge on any atom is -0.497 e. The summed E-state index contributed by atoms with van der Waals surface area (Å²) in [6, 6.07) is 18.3. The molecule has 1 aliphatic heterocycles. The number of amides is 1. The van der Waals surface area contributed by atoms with Crippen LogP contribution in [0.4, 0.5) is 0 Å². The Hall–Kier alpha value is -3.08. The van der Waals surface area contributed by atoms with Crippen LogP contribution in [0.5, 0.6) is 5.75 Å². The Morgan fingerprint density at radius 1 is 1.10 bits per heavy atom. The van der Waals surface area contributed by atoms with E-state index >= 15 is 0 Å². The van der Waals surface area contributed by atoms with Crippen molar-refractivity contribution in [1.29, 1.82) is 0 Å². The van der Waals surface area contributed by atoms with E-state index in [0.717, 1.165) is 60.9 Å². The molecule has 2 aliphatic rings. The smallest absolute Gasteiger partial charge is 0.233 e. The van der Waals surface area contributed by atoms with Crippen molar-refractivity contribution in [2.75, 3.05) is 20.2 Å². The first-order chi connectivity index (χ1) is 14.6. The Balaban J connectivity index is 1.25. The molecule has 5 nitrogen and oxygen atoms in total. The van der Waals surface area contributed by atoms with Crippen LogP contribution in [0.1, 0.15) is 24.1 Å². The topological polar surface area (TPSA) is 47.4 Å². The van der Waals surface area contributed by atoms with Gasteiger partial charge in [-0.25, -0.2) is 4.98 Å². The lowest BCUT2D eigenvalue weighted by atomic mass is 9.90. The number of benzene rings is 2. The van der Waals surface area contributed by atoms with Gasteiger partial charge < -0.3 is 14.2 Å². The third-order valence-corrected chi connectivity index (χ3v) is 6.57. The molecule has 0 unspecified atom stereocenters. The lowest BCUT2D eigenvalue weighted by molar-refractivity contribution is -0.140. The van der Waals surface area contributed by atoms with Gasteiger partial charge in [0, 0.05) is 43.0 Å². The summed E-state index contributed by atoms with van der Waals surface area (Å²) in [7, 11) is 1.67. The Morgan fingerprint density at radius 2 is 1.80 bits per heavy atom. The molecular formula is C25H27N3O2. The quantitative estimate of drug-likeness (QED) is 0.626. The molecule has 0 radical (unpaired) electrons. The maximum Gasteiger partial charge on any atom is 0.233 e. The highest BCUT2D eigenvalue weighted by atomic mass is 16.5. The van der Waals surface area contributed by atoms with Crippen LogP contribution in [0.25, 0.3) is 11.4 Å². The molecule has 1 saturated carbocycles. The van der Waals surface area contributed by atoms with Gasteiger partial charge in [-0.3, -0.25) is 4.79 Å². The molecule has 0 atom stereocenters. The summed E-state index contributed by atoms with van der Waals surface area (Å²) in [5.74, 6) is 2.59. The standard InChI is InChI=1S/C25H27N3O2/c1-18-14-26-23(20-6-4-3-5-7-20)28(18)17-19-15-27(16-19)24(29)25(12-13-25)21-8-10-22(30-2)11-9-21/h3-11,14,19H,12-13,15-17H2,1-2H3. The lowest BCUT2D eigenvalue weighted by Gasteiger charge is -2.42. The highest BCUT2D eigenvalue weighted by molar-refractivity contribution is 5.91. The number of hydrogen-bond donors (Lipinski definition) is 0. The van der Waals surface area contributed by atoms with Gasteiger partial charge in [0.1, 0.15) is 11.6 Å². The average molecular weight is 402 g/mol. The summed E-state index contributed by atoms with van der Waals surface area (Å²) in [4.78, 5) is 19.9. The van der Waals surface area contributed by atoms with Crippen molar-refractivity contribution < 1.29 is 9.53 Å². The number of hydrogen-bond acceptors (Lipinski definition) is 3. The second-order valence-corrected chi connectivity index (χ2v) is 8.59. The molecule has 0 spiro atoms. The Morgan fingerprint density at radius 3 is 2.43 bits per heavy atom. The molecule has 2 heterocycles. The van der Waals surface area contributed by atoms with Crippen molar-refractivity contribution in [2.24, 2.45) is 5.92 Å². The third-order valence-electron chi connectivity index (χ3n) is 6.57. The summed E-state index contributed by atoms with van der Waals surface area (Å²) >= 11 is 0. The van der Waals surface area contributed by atoms with Gasteiger partial charge in [0.2, 0.25) is 5.91 Å². The van der Waals surface area contributed by atoms with E-state index in [0.29, 0.717) is 5.92 Å². The maximum absolute atomic E-state index is 13.2. The molecule has 1 saturated heterocycles. The second-order valence-electron chi connectivity index (χ2n) is 8.59. The van der Waals surface area contributed by atoms with Gasteiger partial charge in [0.25, 0.3) is 0 Å². The number of likely N-dealkylation sites (tertiary alicyclic amines) is 1. The van der Waals surface area contributed by atoms with E-state index in [1.54, 1.807) is 7.11 Å². The van der Waals surface area contributed by atoms with Gasteiger partial charge in [-0.05, 0) is 37.5 Å². The molecule has 3 aromatic rings. The largest absolute Gasteiger partial charge is 0.497 e. The molecule has 5 heteroatoms. The molecule has 1 aliphatic carbocycles. The van der Waals surface area contributed by atoms with E-state index in [-0.39, 0.29) is 11.3 Å². The first-order valence-corrected chi connectivity index (χ1v) is 10.6. The number of ether oxygens (including phenoxy) is 1. The first-order valence-electron chi connectivity index (χ1n) is 10.6. The summed E-state index contributed by atoms with van der Waals surface area (Å²) in [5, 5.41) is 0. The van der Waals surface area contributed by atoms with Crippen LogP contribution in [0.3, 0.4) is 0 Å². The van der Waals surface area contributed by atoms with Crippen LogP contribution in [-0.2, 0) is 16.8 Å². The fraction of sp³-hybridized carbons (Fsp3) is 0.360. The molecule has 0 bridgehead atoms. The Labute approximate surface area is 177 Å². The van der Waals surface area contributed by atoms with Crippen LogP contribution in [0.15, 0.2) is 60.8 Å². The number of methoxy groups -OCH3 is 1. The fourth-order valence-electron chi connectivity index (χ4n) is 4.58. The molecule has 5 rings (SSSR count). The first kappa shape index (κ1) is 18.9. The molecule has 2 aromatic carbocycles. The molecule has 2 fully saturated rings. The minimum absolute atomic E-state index is 0.287. The molecule has 154 valence electrons. The normalized spacial score (nSPS) is 17.5. The van der Waals surface area contributed by atoms with E-state index in [4.69, 9.17) is 4.74 Å². The van der Waals surface area contributed by atoms with Gasteiger partial charge in [0.15, 0.2) is 0 Å². The predicted molar refractivity (Wildman–Crippen MR) is 116 cm³/mol. The summed E-state index contributed by atoms with van der Waals surface area (Å²) in [6.07, 6.45) is 3.82. The van der Waals surface area contributed by atoms with E-state index < -0.39 is 0 Å². The van der Waals surface area contributed by atoms with Gasteiger partial charge >= 0.3 is 0 Å². The molecule has 0 N–H and O–H groups in total. The third kappa shape index (κ3) is 3.18. The highest BCUT2D eigenvalue weighted by Gasteiger charge is 2.54. The number of carbonyl (C=O) groups excluding carboxylic acids is 1. The van der Waals surface area contributed by atoms with E-state index in [9.17, 15) is 4.79 Å². The van der Waals surface area contributed by atoms with Crippen molar-refractivity contribution in [3.05, 3.63) is 72.1 Å². The fourth-order valence-corrected chi connectivity index (χ4v) is 4.58. The van der Waals surface area contributed by atoms with Crippen molar-refractivity contribution in [3.63, 3.8) is 0 Å².